The van der Waals surface area contributed by atoms with E-state index in [1.54, 1.807) is 13.3 Å². The van der Waals surface area contributed by atoms with E-state index in [1.165, 1.54) is 0 Å². The molecule has 0 spiro atoms. The second kappa shape index (κ2) is 8.38. The van der Waals surface area contributed by atoms with Crippen LogP contribution in [-0.2, 0) is 17.8 Å². The van der Waals surface area contributed by atoms with Crippen LogP contribution in [0.4, 0.5) is 0 Å². The largest absolute Gasteiger partial charge is 0.440 e. The lowest BCUT2D eigenvalue weighted by Gasteiger charge is -2.20. The van der Waals surface area contributed by atoms with E-state index in [-0.39, 0.29) is 0 Å². The molecule has 24 heavy (non-hydrogen) atoms. The van der Waals surface area contributed by atoms with Crippen LogP contribution < -0.4 is 0 Å². The van der Waals surface area contributed by atoms with Crippen molar-refractivity contribution in [1.82, 2.24) is 14.9 Å². The normalized spacial score (nSPS) is 11.1. The summed E-state index contributed by atoms with van der Waals surface area (Å²) in [4.78, 5) is 11.0. The third-order valence-corrected chi connectivity index (χ3v) is 3.68. The van der Waals surface area contributed by atoms with Crippen LogP contribution in [0.2, 0.25) is 0 Å². The van der Waals surface area contributed by atoms with Crippen molar-refractivity contribution in [3.63, 3.8) is 0 Å². The summed E-state index contributed by atoms with van der Waals surface area (Å²) in [7, 11) is 1.71. The minimum atomic E-state index is 0.648. The fourth-order valence-corrected chi connectivity index (χ4v) is 2.47. The number of ether oxygens (including phenoxy) is 1. The summed E-state index contributed by atoms with van der Waals surface area (Å²) in [5, 5.41) is 0. The molecule has 0 atom stereocenters. The third-order valence-electron chi connectivity index (χ3n) is 3.68. The Kier molecular flexibility index (Phi) is 5.71. The van der Waals surface area contributed by atoms with E-state index < -0.39 is 0 Å². The molecule has 0 N–H and O–H groups in total. The fraction of sp³-hybridized carbons (Fsp3) is 0.263. The Balaban J connectivity index is 1.69. The topological polar surface area (TPSA) is 51.4 Å². The van der Waals surface area contributed by atoms with E-state index in [1.807, 2.05) is 54.7 Å². The van der Waals surface area contributed by atoms with Crippen LogP contribution in [0.3, 0.4) is 0 Å². The molecule has 2 aromatic heterocycles. The van der Waals surface area contributed by atoms with E-state index in [0.29, 0.717) is 19.0 Å². The average molecular weight is 323 g/mol. The lowest BCUT2D eigenvalue weighted by atomic mass is 10.2. The zero-order valence-electron chi connectivity index (χ0n) is 13.8. The zero-order chi connectivity index (χ0) is 16.6. The number of hydrogen-bond donors (Lipinski definition) is 0. The first-order valence-electron chi connectivity index (χ1n) is 7.96. The number of pyridine rings is 1. The lowest BCUT2D eigenvalue weighted by Crippen LogP contribution is -2.26. The van der Waals surface area contributed by atoms with Gasteiger partial charge in [0.2, 0.25) is 5.89 Å². The molecule has 3 aromatic rings. The van der Waals surface area contributed by atoms with Gasteiger partial charge in [-0.25, -0.2) is 4.98 Å². The van der Waals surface area contributed by atoms with Gasteiger partial charge in [-0.3, -0.25) is 9.88 Å². The summed E-state index contributed by atoms with van der Waals surface area (Å²) < 4.78 is 11.1. The van der Waals surface area contributed by atoms with Crippen molar-refractivity contribution < 1.29 is 9.15 Å². The quantitative estimate of drug-likeness (QED) is 0.636. The Bertz CT molecular complexity index is 729. The van der Waals surface area contributed by atoms with Gasteiger partial charge in [-0.05, 0) is 24.3 Å². The van der Waals surface area contributed by atoms with Gasteiger partial charge in [-0.1, -0.05) is 24.3 Å². The molecular weight excluding hydrogens is 302 g/mol. The van der Waals surface area contributed by atoms with Crippen LogP contribution in [0.1, 0.15) is 11.5 Å². The first-order chi connectivity index (χ1) is 11.8. The highest BCUT2D eigenvalue weighted by Gasteiger charge is 2.12. The Hall–Kier alpha value is -2.50. The number of benzene rings is 1. The standard InChI is InChI=1S/C19H21N3O2/c1-23-12-11-22(14-17-9-5-6-10-20-17)15-18-13-21-19(24-18)16-7-3-2-4-8-16/h2-10,13H,11-12,14-15H2,1H3. The molecule has 0 aliphatic carbocycles. The molecule has 5 heteroatoms. The van der Waals surface area contributed by atoms with E-state index in [9.17, 15) is 0 Å². The summed E-state index contributed by atoms with van der Waals surface area (Å²) in [6, 6.07) is 15.9. The summed E-state index contributed by atoms with van der Waals surface area (Å²) in [5.41, 5.74) is 2.01. The molecule has 124 valence electrons. The molecule has 1 aromatic carbocycles. The van der Waals surface area contributed by atoms with Crippen molar-refractivity contribution in [2.75, 3.05) is 20.3 Å². The van der Waals surface area contributed by atoms with Crippen molar-refractivity contribution in [3.05, 3.63) is 72.4 Å². The van der Waals surface area contributed by atoms with Crippen molar-refractivity contribution in [2.24, 2.45) is 0 Å². The van der Waals surface area contributed by atoms with E-state index in [0.717, 1.165) is 30.1 Å². The first-order valence-corrected chi connectivity index (χ1v) is 7.96. The summed E-state index contributed by atoms with van der Waals surface area (Å²) in [6.45, 7) is 2.87. The van der Waals surface area contributed by atoms with Crippen LogP contribution in [0, 0.1) is 0 Å². The third kappa shape index (κ3) is 4.50. The molecule has 5 nitrogen and oxygen atoms in total. The summed E-state index contributed by atoms with van der Waals surface area (Å²) in [6.07, 6.45) is 3.60. The maximum atomic E-state index is 5.90. The highest BCUT2D eigenvalue weighted by Crippen LogP contribution is 2.19. The smallest absolute Gasteiger partial charge is 0.226 e. The van der Waals surface area contributed by atoms with E-state index >= 15 is 0 Å². The van der Waals surface area contributed by atoms with Gasteiger partial charge in [0.15, 0.2) is 0 Å². The number of aromatic nitrogens is 2. The van der Waals surface area contributed by atoms with Gasteiger partial charge in [0, 0.05) is 32.0 Å². The van der Waals surface area contributed by atoms with Gasteiger partial charge in [-0.2, -0.15) is 0 Å². The molecule has 0 amide bonds. The number of rotatable bonds is 8. The first kappa shape index (κ1) is 16.4. The SMILES string of the molecule is COCCN(Cc1ccccn1)Cc1cnc(-c2ccccc2)o1. The van der Waals surface area contributed by atoms with Gasteiger partial charge in [-0.15, -0.1) is 0 Å². The van der Waals surface area contributed by atoms with Crippen molar-refractivity contribution in [3.8, 4) is 11.5 Å². The van der Waals surface area contributed by atoms with Gasteiger partial charge < -0.3 is 9.15 Å². The van der Waals surface area contributed by atoms with Crippen LogP contribution in [0.5, 0.6) is 0 Å². The zero-order valence-corrected chi connectivity index (χ0v) is 13.8. The Morgan fingerprint density at radius 3 is 2.58 bits per heavy atom. The number of nitrogens with zero attached hydrogens (tertiary/aromatic N) is 3. The predicted octanol–water partition coefficient (Wildman–Crippen LogP) is 3.39. The molecule has 0 aliphatic rings. The van der Waals surface area contributed by atoms with Gasteiger partial charge in [0.05, 0.1) is 25.0 Å². The highest BCUT2D eigenvalue weighted by molar-refractivity contribution is 5.52. The Morgan fingerprint density at radius 2 is 1.83 bits per heavy atom. The number of oxazole rings is 1. The maximum Gasteiger partial charge on any atom is 0.226 e. The minimum absolute atomic E-state index is 0.648. The number of hydrogen-bond acceptors (Lipinski definition) is 5. The highest BCUT2D eigenvalue weighted by atomic mass is 16.5. The molecular formula is C19H21N3O2. The van der Waals surface area contributed by atoms with Crippen LogP contribution in [0.15, 0.2) is 65.3 Å². The van der Waals surface area contributed by atoms with Gasteiger partial charge in [0.25, 0.3) is 0 Å². The van der Waals surface area contributed by atoms with Crippen LogP contribution in [0.25, 0.3) is 11.5 Å². The molecule has 3 rings (SSSR count). The molecule has 0 fully saturated rings. The average Bonchev–Trinajstić information content (AvgIpc) is 3.10. The molecule has 0 radical (unpaired) electrons. The van der Waals surface area contributed by atoms with E-state index in [2.05, 4.69) is 14.9 Å². The van der Waals surface area contributed by atoms with Gasteiger partial charge >= 0.3 is 0 Å². The van der Waals surface area contributed by atoms with E-state index in [4.69, 9.17) is 9.15 Å². The van der Waals surface area contributed by atoms with Crippen molar-refractivity contribution in [2.45, 2.75) is 13.1 Å². The molecule has 0 saturated carbocycles. The maximum absolute atomic E-state index is 5.90. The molecule has 0 unspecified atom stereocenters. The predicted molar refractivity (Wildman–Crippen MR) is 92.2 cm³/mol. The van der Waals surface area contributed by atoms with Crippen molar-refractivity contribution in [1.29, 1.82) is 0 Å². The lowest BCUT2D eigenvalue weighted by molar-refractivity contribution is 0.134. The summed E-state index contributed by atoms with van der Waals surface area (Å²) >= 11 is 0. The fourth-order valence-electron chi connectivity index (χ4n) is 2.47. The molecule has 2 heterocycles. The number of methoxy groups -OCH3 is 1. The summed E-state index contributed by atoms with van der Waals surface area (Å²) in [5.74, 6) is 1.48. The van der Waals surface area contributed by atoms with Crippen LogP contribution >= 0.6 is 0 Å². The minimum Gasteiger partial charge on any atom is -0.440 e. The Morgan fingerprint density at radius 1 is 1.00 bits per heavy atom. The second-order valence-corrected chi connectivity index (χ2v) is 5.52. The molecule has 0 aliphatic heterocycles. The second-order valence-electron chi connectivity index (χ2n) is 5.52. The molecule has 0 saturated heterocycles. The van der Waals surface area contributed by atoms with Gasteiger partial charge in [0.1, 0.15) is 5.76 Å². The molecule has 0 bridgehead atoms. The van der Waals surface area contributed by atoms with Crippen molar-refractivity contribution >= 4 is 0 Å². The van der Waals surface area contributed by atoms with Crippen LogP contribution in [-0.4, -0.2) is 35.1 Å². The monoisotopic (exact) mass is 323 g/mol. The Labute approximate surface area is 141 Å².